The lowest BCUT2D eigenvalue weighted by Gasteiger charge is -2.48. The Morgan fingerprint density at radius 2 is 1.93 bits per heavy atom. The summed E-state index contributed by atoms with van der Waals surface area (Å²) >= 11 is 0. The summed E-state index contributed by atoms with van der Waals surface area (Å²) in [5.41, 5.74) is 1.45. The molecule has 3 aliphatic carbocycles. The second-order valence-corrected chi connectivity index (χ2v) is 8.68. The van der Waals surface area contributed by atoms with Gasteiger partial charge in [-0.25, -0.2) is 0 Å². The van der Waals surface area contributed by atoms with Gasteiger partial charge in [0, 0.05) is 18.8 Å². The molecule has 3 aliphatic rings. The maximum atomic E-state index is 10.6. The zero-order valence-corrected chi connectivity index (χ0v) is 16.3. The van der Waals surface area contributed by atoms with Gasteiger partial charge in [0.15, 0.2) is 0 Å². The van der Waals surface area contributed by atoms with E-state index in [2.05, 4.69) is 17.9 Å². The lowest BCUT2D eigenvalue weighted by molar-refractivity contribution is -0.137. The van der Waals surface area contributed by atoms with Gasteiger partial charge in [0.1, 0.15) is 0 Å². The van der Waals surface area contributed by atoms with E-state index in [-0.39, 0.29) is 24.5 Å². The molecule has 27 heavy (non-hydrogen) atoms. The van der Waals surface area contributed by atoms with Gasteiger partial charge < -0.3 is 15.3 Å². The second-order valence-electron chi connectivity index (χ2n) is 8.68. The van der Waals surface area contributed by atoms with Crippen molar-refractivity contribution in [3.8, 4) is 11.8 Å². The van der Waals surface area contributed by atoms with Crippen molar-refractivity contribution in [2.75, 3.05) is 0 Å². The number of aliphatic hydroxyl groups excluding tert-OH is 2. The van der Waals surface area contributed by atoms with Crippen LogP contribution >= 0.6 is 0 Å². The largest absolute Gasteiger partial charge is 0.481 e. The zero-order valence-electron chi connectivity index (χ0n) is 16.3. The normalized spacial score (nSPS) is 37.0. The Bertz CT molecular complexity index is 599. The van der Waals surface area contributed by atoms with Crippen molar-refractivity contribution in [1.82, 2.24) is 0 Å². The van der Waals surface area contributed by atoms with E-state index in [0.717, 1.165) is 57.8 Å². The molecule has 3 fully saturated rings. The summed E-state index contributed by atoms with van der Waals surface area (Å²) in [6, 6.07) is 0. The van der Waals surface area contributed by atoms with Crippen LogP contribution in [0.25, 0.3) is 0 Å². The molecule has 0 radical (unpaired) electrons. The smallest absolute Gasteiger partial charge is 0.303 e. The highest BCUT2D eigenvalue weighted by Crippen LogP contribution is 2.51. The molecule has 0 spiro atoms. The van der Waals surface area contributed by atoms with Crippen LogP contribution in [0, 0.1) is 35.5 Å². The molecule has 0 aromatic carbocycles. The molecule has 6 unspecified atom stereocenters. The number of aliphatic hydroxyl groups is 2. The first-order valence-corrected chi connectivity index (χ1v) is 10.8. The quantitative estimate of drug-likeness (QED) is 0.374. The number of carboxylic acid groups (broad SMARTS) is 1. The van der Waals surface area contributed by atoms with E-state index >= 15 is 0 Å². The van der Waals surface area contributed by atoms with Gasteiger partial charge >= 0.3 is 5.97 Å². The number of carbonyl (C=O) groups is 1. The number of hydrogen-bond donors (Lipinski definition) is 3. The van der Waals surface area contributed by atoms with Gasteiger partial charge in [0.2, 0.25) is 0 Å². The fourth-order valence-corrected chi connectivity index (χ4v) is 5.22. The second kappa shape index (κ2) is 9.75. The van der Waals surface area contributed by atoms with Crippen LogP contribution in [-0.4, -0.2) is 33.5 Å². The number of rotatable bonds is 6. The number of hydrogen-bond acceptors (Lipinski definition) is 3. The van der Waals surface area contributed by atoms with Gasteiger partial charge in [-0.1, -0.05) is 30.4 Å². The molecule has 3 rings (SSSR count). The fraction of sp³-hybridized carbons (Fsp3) is 0.783. The van der Waals surface area contributed by atoms with Gasteiger partial charge in [-0.3, -0.25) is 4.79 Å². The predicted molar refractivity (Wildman–Crippen MR) is 105 cm³/mol. The summed E-state index contributed by atoms with van der Waals surface area (Å²) in [6.07, 6.45) is 12.6. The molecule has 0 bridgehead atoms. The SMILES string of the molecule is O=C(O)CCC/C=C1\CC2C1CCC(O)C2C#CCCC1CCCCC1O. The Hall–Kier alpha value is -1.31. The third-order valence-corrected chi connectivity index (χ3v) is 6.89. The molecule has 0 aromatic rings. The molecule has 0 saturated heterocycles. The summed E-state index contributed by atoms with van der Waals surface area (Å²) in [6.45, 7) is 0. The highest BCUT2D eigenvalue weighted by atomic mass is 16.4. The number of aliphatic carboxylic acids is 1. The average Bonchev–Trinajstić information content (AvgIpc) is 2.62. The Morgan fingerprint density at radius 1 is 1.11 bits per heavy atom. The van der Waals surface area contributed by atoms with E-state index in [9.17, 15) is 15.0 Å². The van der Waals surface area contributed by atoms with Crippen molar-refractivity contribution in [1.29, 1.82) is 0 Å². The van der Waals surface area contributed by atoms with Crippen LogP contribution in [0.4, 0.5) is 0 Å². The van der Waals surface area contributed by atoms with Crippen LogP contribution in [0.15, 0.2) is 11.6 Å². The maximum Gasteiger partial charge on any atom is 0.303 e. The topological polar surface area (TPSA) is 77.8 Å². The molecule has 3 saturated carbocycles. The highest BCUT2D eigenvalue weighted by Gasteiger charge is 2.46. The molecule has 3 N–H and O–H groups in total. The van der Waals surface area contributed by atoms with Crippen molar-refractivity contribution >= 4 is 5.97 Å². The van der Waals surface area contributed by atoms with E-state index in [1.165, 1.54) is 12.0 Å². The molecule has 150 valence electrons. The van der Waals surface area contributed by atoms with Crippen molar-refractivity contribution in [2.45, 2.75) is 89.3 Å². The van der Waals surface area contributed by atoms with Gasteiger partial charge in [0.05, 0.1) is 12.2 Å². The monoisotopic (exact) mass is 374 g/mol. The Kier molecular flexibility index (Phi) is 7.38. The van der Waals surface area contributed by atoms with Crippen molar-refractivity contribution in [2.24, 2.45) is 23.7 Å². The van der Waals surface area contributed by atoms with E-state index in [0.29, 0.717) is 24.2 Å². The molecule has 4 nitrogen and oxygen atoms in total. The van der Waals surface area contributed by atoms with Gasteiger partial charge in [-0.15, -0.1) is 5.92 Å². The predicted octanol–water partition coefficient (Wildman–Crippen LogP) is 3.91. The van der Waals surface area contributed by atoms with Crippen molar-refractivity contribution < 1.29 is 20.1 Å². The minimum atomic E-state index is -0.725. The van der Waals surface area contributed by atoms with E-state index in [4.69, 9.17) is 5.11 Å². The van der Waals surface area contributed by atoms with Crippen molar-refractivity contribution in [3.63, 3.8) is 0 Å². The summed E-state index contributed by atoms with van der Waals surface area (Å²) in [4.78, 5) is 10.6. The van der Waals surface area contributed by atoms with Gasteiger partial charge in [0.25, 0.3) is 0 Å². The maximum absolute atomic E-state index is 10.6. The number of carboxylic acids is 1. The lowest BCUT2D eigenvalue weighted by atomic mass is 9.57. The average molecular weight is 375 g/mol. The third kappa shape index (κ3) is 5.36. The summed E-state index contributed by atoms with van der Waals surface area (Å²) in [5, 5.41) is 29.2. The van der Waals surface area contributed by atoms with Crippen LogP contribution in [0.2, 0.25) is 0 Å². The number of allylic oxidation sites excluding steroid dienone is 2. The van der Waals surface area contributed by atoms with E-state index in [1.54, 1.807) is 0 Å². The zero-order chi connectivity index (χ0) is 19.2. The summed E-state index contributed by atoms with van der Waals surface area (Å²) in [7, 11) is 0. The Morgan fingerprint density at radius 3 is 2.70 bits per heavy atom. The van der Waals surface area contributed by atoms with E-state index < -0.39 is 5.97 Å². The minimum absolute atomic E-state index is 0.0798. The van der Waals surface area contributed by atoms with Crippen LogP contribution < -0.4 is 0 Å². The van der Waals surface area contributed by atoms with Gasteiger partial charge in [-0.05, 0) is 69.1 Å². The third-order valence-electron chi connectivity index (χ3n) is 6.89. The Balaban J connectivity index is 1.47. The van der Waals surface area contributed by atoms with Crippen LogP contribution in [0.5, 0.6) is 0 Å². The minimum Gasteiger partial charge on any atom is -0.481 e. The molecular formula is C23H34O4. The lowest BCUT2D eigenvalue weighted by Crippen LogP contribution is -2.44. The molecular weight excluding hydrogens is 340 g/mol. The number of fused-ring (bicyclic) bond motifs is 1. The molecule has 6 atom stereocenters. The Labute approximate surface area is 163 Å². The first-order chi connectivity index (χ1) is 13.1. The number of unbranched alkanes of at least 4 members (excludes halogenated alkanes) is 1. The van der Waals surface area contributed by atoms with Crippen LogP contribution in [0.3, 0.4) is 0 Å². The first kappa shape index (κ1) is 20.4. The van der Waals surface area contributed by atoms with Crippen LogP contribution in [0.1, 0.15) is 77.0 Å². The molecule has 0 amide bonds. The van der Waals surface area contributed by atoms with Crippen molar-refractivity contribution in [3.05, 3.63) is 11.6 Å². The first-order valence-electron chi connectivity index (χ1n) is 10.8. The van der Waals surface area contributed by atoms with Crippen LogP contribution in [-0.2, 0) is 4.79 Å². The summed E-state index contributed by atoms with van der Waals surface area (Å²) < 4.78 is 0. The fourth-order valence-electron chi connectivity index (χ4n) is 5.22. The molecule has 0 heterocycles. The van der Waals surface area contributed by atoms with Gasteiger partial charge in [-0.2, -0.15) is 0 Å². The molecule has 0 aliphatic heterocycles. The molecule has 0 aromatic heterocycles. The standard InChI is InChI=1S/C23H34O4/c24-21-11-5-2-8-16(21)7-1-4-10-19-20-15-17(9-3-6-12-23(26)27)18(20)13-14-22(19)25/h9,16,18-22,24-25H,1-3,5-8,11-15H2,(H,26,27)/b17-9+. The summed E-state index contributed by atoms with van der Waals surface area (Å²) in [5.74, 6) is 7.45. The molecule has 4 heteroatoms. The van der Waals surface area contributed by atoms with E-state index in [1.807, 2.05) is 0 Å². The highest BCUT2D eigenvalue weighted by molar-refractivity contribution is 5.66.